The third-order valence-corrected chi connectivity index (χ3v) is 4.93. The standard InChI is InChI=1S/C20H31N5O3/c1-19(2,3)15-5-7-16(8-6-15)27-11-4-12-28-25-18(22)23-17(21)24-20(25)9-13-26-14-10-20/h5-8H,4,9-14H2,1-3H3,(H4,21,22,23,24). The highest BCUT2D eigenvalue weighted by Gasteiger charge is 2.43. The first-order chi connectivity index (χ1) is 13.3. The van der Waals surface area contributed by atoms with E-state index in [2.05, 4.69) is 42.9 Å². The number of rotatable bonds is 6. The zero-order chi connectivity index (χ0) is 20.2. The van der Waals surface area contributed by atoms with Crippen LogP contribution in [0.15, 0.2) is 34.3 Å². The van der Waals surface area contributed by atoms with Gasteiger partial charge in [-0.25, -0.2) is 4.99 Å². The predicted molar refractivity (Wildman–Crippen MR) is 109 cm³/mol. The second kappa shape index (κ2) is 8.36. The summed E-state index contributed by atoms with van der Waals surface area (Å²) in [4.78, 5) is 14.5. The molecule has 0 saturated carbocycles. The average molecular weight is 390 g/mol. The average Bonchev–Trinajstić information content (AvgIpc) is 2.63. The molecule has 3 rings (SSSR count). The van der Waals surface area contributed by atoms with Crippen LogP contribution in [0, 0.1) is 0 Å². The van der Waals surface area contributed by atoms with Crippen LogP contribution in [-0.2, 0) is 15.0 Å². The van der Waals surface area contributed by atoms with Gasteiger partial charge in [0.25, 0.3) is 0 Å². The van der Waals surface area contributed by atoms with Gasteiger partial charge in [-0.05, 0) is 23.1 Å². The fraction of sp³-hybridized carbons (Fsp3) is 0.600. The Balaban J connectivity index is 1.48. The molecule has 2 heterocycles. The number of guanidine groups is 2. The van der Waals surface area contributed by atoms with Gasteiger partial charge in [0.15, 0.2) is 5.66 Å². The molecule has 8 nitrogen and oxygen atoms in total. The minimum Gasteiger partial charge on any atom is -0.494 e. The molecule has 1 spiro atoms. The maximum atomic E-state index is 6.05. The third kappa shape index (κ3) is 4.74. The van der Waals surface area contributed by atoms with E-state index in [1.54, 1.807) is 5.06 Å². The molecule has 1 saturated heterocycles. The van der Waals surface area contributed by atoms with Crippen molar-refractivity contribution in [1.29, 1.82) is 0 Å². The molecule has 4 N–H and O–H groups in total. The van der Waals surface area contributed by atoms with Crippen molar-refractivity contribution in [3.63, 3.8) is 0 Å². The van der Waals surface area contributed by atoms with E-state index < -0.39 is 5.66 Å². The topological polar surface area (TPSA) is 108 Å². The van der Waals surface area contributed by atoms with Crippen molar-refractivity contribution in [2.75, 3.05) is 26.4 Å². The summed E-state index contributed by atoms with van der Waals surface area (Å²) in [6.07, 6.45) is 2.01. The molecule has 1 aromatic carbocycles. The molecule has 0 atom stereocenters. The maximum absolute atomic E-state index is 6.05. The summed E-state index contributed by atoms with van der Waals surface area (Å²) in [6.45, 7) is 8.72. The lowest BCUT2D eigenvalue weighted by Gasteiger charge is -2.43. The highest BCUT2D eigenvalue weighted by atomic mass is 16.7. The van der Waals surface area contributed by atoms with Crippen LogP contribution in [0.25, 0.3) is 0 Å². The van der Waals surface area contributed by atoms with Crippen molar-refractivity contribution < 1.29 is 14.3 Å². The van der Waals surface area contributed by atoms with Gasteiger partial charge in [-0.2, -0.15) is 10.1 Å². The number of hydrogen-bond acceptors (Lipinski definition) is 8. The molecule has 2 aliphatic rings. The normalized spacial score (nSPS) is 19.3. The van der Waals surface area contributed by atoms with Crippen LogP contribution >= 0.6 is 0 Å². The zero-order valence-corrected chi connectivity index (χ0v) is 17.0. The summed E-state index contributed by atoms with van der Waals surface area (Å²) >= 11 is 0. The maximum Gasteiger partial charge on any atom is 0.226 e. The molecule has 154 valence electrons. The highest BCUT2D eigenvalue weighted by molar-refractivity contribution is 5.95. The van der Waals surface area contributed by atoms with Crippen molar-refractivity contribution in [2.24, 2.45) is 21.5 Å². The molecule has 0 aliphatic carbocycles. The fourth-order valence-corrected chi connectivity index (χ4v) is 3.32. The second-order valence-corrected chi connectivity index (χ2v) is 8.14. The van der Waals surface area contributed by atoms with Crippen molar-refractivity contribution in [3.05, 3.63) is 29.8 Å². The van der Waals surface area contributed by atoms with E-state index in [-0.39, 0.29) is 17.3 Å². The molecule has 28 heavy (non-hydrogen) atoms. The van der Waals surface area contributed by atoms with Gasteiger partial charge in [-0.15, -0.1) is 0 Å². The number of benzene rings is 1. The van der Waals surface area contributed by atoms with Gasteiger partial charge in [-0.3, -0.25) is 4.84 Å². The number of nitrogens with zero attached hydrogens (tertiary/aromatic N) is 3. The number of aliphatic imine (C=N–C) groups is 2. The summed E-state index contributed by atoms with van der Waals surface area (Å²) in [7, 11) is 0. The molecule has 2 aliphatic heterocycles. The van der Waals surface area contributed by atoms with Gasteiger partial charge in [-0.1, -0.05) is 32.9 Å². The Morgan fingerprint density at radius 2 is 1.79 bits per heavy atom. The van der Waals surface area contributed by atoms with E-state index in [9.17, 15) is 0 Å². The first-order valence-corrected chi connectivity index (χ1v) is 9.74. The smallest absolute Gasteiger partial charge is 0.226 e. The van der Waals surface area contributed by atoms with Crippen LogP contribution in [0.3, 0.4) is 0 Å². The largest absolute Gasteiger partial charge is 0.494 e. The van der Waals surface area contributed by atoms with Crippen molar-refractivity contribution >= 4 is 11.9 Å². The molecule has 0 aromatic heterocycles. The number of ether oxygens (including phenoxy) is 2. The Labute approximate surface area is 166 Å². The Hall–Kier alpha value is -2.32. The minimum absolute atomic E-state index is 0.133. The van der Waals surface area contributed by atoms with Crippen LogP contribution < -0.4 is 16.2 Å². The van der Waals surface area contributed by atoms with E-state index in [1.807, 2.05) is 12.1 Å². The van der Waals surface area contributed by atoms with E-state index in [0.29, 0.717) is 45.7 Å². The number of hydrogen-bond donors (Lipinski definition) is 2. The number of nitrogens with two attached hydrogens (primary N) is 2. The molecule has 1 aromatic rings. The summed E-state index contributed by atoms with van der Waals surface area (Å²) in [6, 6.07) is 8.22. The summed E-state index contributed by atoms with van der Waals surface area (Å²) in [5.74, 6) is 1.26. The van der Waals surface area contributed by atoms with Gasteiger partial charge in [0.05, 0.1) is 26.4 Å². The first-order valence-electron chi connectivity index (χ1n) is 9.74. The Morgan fingerprint density at radius 3 is 2.43 bits per heavy atom. The SMILES string of the molecule is CC(C)(C)c1ccc(OCCCON2C(N)=NC(N)=NC23CCOCC3)cc1. The van der Waals surface area contributed by atoms with E-state index in [0.717, 1.165) is 5.75 Å². The highest BCUT2D eigenvalue weighted by Crippen LogP contribution is 2.32. The quantitative estimate of drug-likeness (QED) is 0.722. The summed E-state index contributed by atoms with van der Waals surface area (Å²) < 4.78 is 11.3. The Morgan fingerprint density at radius 1 is 1.11 bits per heavy atom. The van der Waals surface area contributed by atoms with Gasteiger partial charge >= 0.3 is 0 Å². The number of hydroxylamine groups is 2. The van der Waals surface area contributed by atoms with Gasteiger partial charge in [0, 0.05) is 19.3 Å². The monoisotopic (exact) mass is 389 g/mol. The molecule has 8 heteroatoms. The van der Waals surface area contributed by atoms with Crippen molar-refractivity contribution in [2.45, 2.75) is 51.1 Å². The van der Waals surface area contributed by atoms with Crippen molar-refractivity contribution in [3.8, 4) is 5.75 Å². The van der Waals surface area contributed by atoms with Crippen LogP contribution in [-0.4, -0.2) is 49.1 Å². The minimum atomic E-state index is -0.627. The zero-order valence-electron chi connectivity index (χ0n) is 17.0. The Bertz CT molecular complexity index is 718. The molecule has 0 bridgehead atoms. The second-order valence-electron chi connectivity index (χ2n) is 8.14. The lowest BCUT2D eigenvalue weighted by Crippen LogP contribution is -2.59. The van der Waals surface area contributed by atoms with Crippen molar-refractivity contribution in [1.82, 2.24) is 5.06 Å². The molecule has 0 unspecified atom stereocenters. The lowest BCUT2D eigenvalue weighted by molar-refractivity contribution is -0.190. The molecule has 0 amide bonds. The van der Waals surface area contributed by atoms with E-state index >= 15 is 0 Å². The van der Waals surface area contributed by atoms with Gasteiger partial charge in [0.2, 0.25) is 11.9 Å². The molecule has 0 radical (unpaired) electrons. The molecular formula is C20H31N5O3. The lowest BCUT2D eigenvalue weighted by atomic mass is 9.87. The van der Waals surface area contributed by atoms with E-state index in [4.69, 9.17) is 25.8 Å². The van der Waals surface area contributed by atoms with Crippen LogP contribution in [0.1, 0.15) is 45.6 Å². The van der Waals surface area contributed by atoms with Gasteiger partial charge < -0.3 is 20.9 Å². The van der Waals surface area contributed by atoms with Gasteiger partial charge in [0.1, 0.15) is 5.75 Å². The fourth-order valence-electron chi connectivity index (χ4n) is 3.32. The first kappa shape index (κ1) is 20.4. The third-order valence-electron chi connectivity index (χ3n) is 4.93. The predicted octanol–water partition coefficient (Wildman–Crippen LogP) is 2.14. The van der Waals surface area contributed by atoms with Crippen LogP contribution in [0.4, 0.5) is 0 Å². The van der Waals surface area contributed by atoms with E-state index in [1.165, 1.54) is 5.56 Å². The Kier molecular flexibility index (Phi) is 6.10. The summed E-state index contributed by atoms with van der Waals surface area (Å²) in [5, 5.41) is 1.59. The van der Waals surface area contributed by atoms with Crippen LogP contribution in [0.2, 0.25) is 0 Å². The molecular weight excluding hydrogens is 358 g/mol. The summed E-state index contributed by atoms with van der Waals surface area (Å²) in [5.41, 5.74) is 12.6. The molecule has 1 fully saturated rings. The van der Waals surface area contributed by atoms with Crippen LogP contribution in [0.5, 0.6) is 5.75 Å².